The lowest BCUT2D eigenvalue weighted by Crippen LogP contribution is -2.78. The molecule has 0 aromatic rings. The topological polar surface area (TPSA) is 569 Å². The molecule has 33 heteroatoms. The molecular formula is C39H68O33. The molecule has 6 heterocycles. The fraction of sp³-hybridized carbons (Fsp3) is 1.00. The molecule has 5 unspecified atom stereocenters. The standard InChI is InChI=1S/C39H68O33/c40-1-7-13(46)16(49)25(58)36(67-7)70-28-10(4-43)64-31(21(54)19(28)52)33(61)39(63,35-24(57)23(56)30(12(6-45)66-35)72-38-27(60)18(51)15(48)9(3-42)69-38)34(62)32-22(55)20(53)29(11(5-44)65-32)71-37-26(59)17(50)14(47)8(2-41)68-37/h7-38,40-63H,1-6H2/t7-,8-,9-,10-,11-,12-,13+,14+,15+,16+,17+,18+,19-,20-,21-,22-,23-,24-,25-,26-,27-,28-,29-,30-,31?,32?,33?,34?,35?,36+,37+,38+,39?/m0/s1. The van der Waals surface area contributed by atoms with Crippen LogP contribution in [0.5, 0.6) is 0 Å². The molecule has 6 aliphatic rings. The molecule has 0 bridgehead atoms. The molecule has 32 atom stereocenters. The molecule has 0 saturated carbocycles. The molecule has 6 saturated heterocycles. The molecule has 0 radical (unpaired) electrons. The summed E-state index contributed by atoms with van der Waals surface area (Å²) in [6, 6.07) is 0. The predicted octanol–water partition coefficient (Wildman–Crippen LogP) is -16.6. The minimum absolute atomic E-state index is 0.946. The van der Waals surface area contributed by atoms with Crippen LogP contribution in [0, 0.1) is 0 Å². The van der Waals surface area contributed by atoms with E-state index in [9.17, 15) is 123 Å². The third-order valence-corrected chi connectivity index (χ3v) is 14.1. The molecular weight excluding hydrogens is 996 g/mol. The zero-order valence-corrected chi connectivity index (χ0v) is 37.6. The highest BCUT2D eigenvalue weighted by Crippen LogP contribution is 2.43. The average molecular weight is 1060 g/mol. The number of ether oxygens (including phenoxy) is 9. The summed E-state index contributed by atoms with van der Waals surface area (Å²) in [4.78, 5) is 0. The van der Waals surface area contributed by atoms with Gasteiger partial charge in [-0.1, -0.05) is 0 Å². The van der Waals surface area contributed by atoms with E-state index in [0.29, 0.717) is 0 Å². The molecule has 72 heavy (non-hydrogen) atoms. The molecule has 0 spiro atoms. The number of aliphatic hydroxyl groups is 24. The Labute approximate surface area is 406 Å². The van der Waals surface area contributed by atoms with Gasteiger partial charge in [-0.05, 0) is 0 Å². The van der Waals surface area contributed by atoms with E-state index in [2.05, 4.69) is 0 Å². The van der Waals surface area contributed by atoms with Crippen molar-refractivity contribution >= 4 is 0 Å². The van der Waals surface area contributed by atoms with Crippen molar-refractivity contribution in [1.29, 1.82) is 0 Å². The van der Waals surface area contributed by atoms with E-state index in [4.69, 9.17) is 42.6 Å². The van der Waals surface area contributed by atoms with E-state index >= 15 is 0 Å². The number of hydrogen-bond donors (Lipinski definition) is 24. The van der Waals surface area contributed by atoms with Gasteiger partial charge in [0.2, 0.25) is 0 Å². The van der Waals surface area contributed by atoms with Crippen molar-refractivity contribution in [3.63, 3.8) is 0 Å². The molecule has 33 nitrogen and oxygen atoms in total. The van der Waals surface area contributed by atoms with Crippen molar-refractivity contribution in [2.45, 2.75) is 201 Å². The first-order chi connectivity index (χ1) is 33.9. The molecule has 0 aromatic heterocycles. The Kier molecular flexibility index (Phi) is 20.4. The third kappa shape index (κ3) is 11.1. The minimum Gasteiger partial charge on any atom is -0.394 e. The van der Waals surface area contributed by atoms with Gasteiger partial charge in [0.25, 0.3) is 0 Å². The fourth-order valence-electron chi connectivity index (χ4n) is 9.77. The van der Waals surface area contributed by atoms with Crippen molar-refractivity contribution in [2.75, 3.05) is 39.6 Å². The van der Waals surface area contributed by atoms with Crippen LogP contribution in [0.15, 0.2) is 0 Å². The SMILES string of the molecule is OC[C@@H]1O[C@H](O[C@@H]2[C@@H](O)[C@H](O)C(C(O)C(O)(C(O)C3O[C@@H](CO)[C@H](O[C@H]4O[C@@H](CO)[C@@H](O)[C@@H](O)[C@@H]4O)[C@@H](O)[C@@H]3O)C3O[C@@H](CO)[C@H](O[C@H]4O[C@@H](CO)[C@@H](O)[C@@H](O)[C@@H]4O)[C@@H](O)[C@@H]3O)O[C@H]2CO)[C@@H](O)[C@H](O)[C@@H]1O. The number of rotatable bonds is 17. The second-order valence-electron chi connectivity index (χ2n) is 18.5. The van der Waals surface area contributed by atoms with Crippen LogP contribution in [-0.2, 0) is 42.6 Å². The minimum atomic E-state index is -3.89. The van der Waals surface area contributed by atoms with Gasteiger partial charge < -0.3 is 165 Å². The lowest BCUT2D eigenvalue weighted by Gasteiger charge is -2.56. The highest BCUT2D eigenvalue weighted by molar-refractivity contribution is 5.15. The average Bonchev–Trinajstić information content (AvgIpc) is 3.37. The maximum atomic E-state index is 12.9. The summed E-state index contributed by atoms with van der Waals surface area (Å²) in [7, 11) is 0. The lowest BCUT2D eigenvalue weighted by molar-refractivity contribution is -0.377. The molecule has 0 aromatic carbocycles. The Morgan fingerprint density at radius 2 is 0.569 bits per heavy atom. The molecule has 422 valence electrons. The van der Waals surface area contributed by atoms with Gasteiger partial charge in [-0.15, -0.1) is 0 Å². The van der Waals surface area contributed by atoms with E-state index in [0.717, 1.165) is 0 Å². The van der Waals surface area contributed by atoms with Crippen LogP contribution in [0.4, 0.5) is 0 Å². The number of aliphatic hydroxyl groups excluding tert-OH is 23. The number of hydrogen-bond acceptors (Lipinski definition) is 33. The third-order valence-electron chi connectivity index (χ3n) is 14.1. The molecule has 0 aliphatic carbocycles. The Bertz CT molecular complexity index is 1590. The van der Waals surface area contributed by atoms with Crippen LogP contribution >= 0.6 is 0 Å². The smallest absolute Gasteiger partial charge is 0.187 e. The quantitative estimate of drug-likeness (QED) is 0.0643. The molecule has 0 amide bonds. The largest absolute Gasteiger partial charge is 0.394 e. The van der Waals surface area contributed by atoms with Gasteiger partial charge in [-0.25, -0.2) is 0 Å². The first-order valence-electron chi connectivity index (χ1n) is 22.7. The highest BCUT2D eigenvalue weighted by Gasteiger charge is 2.67. The zero-order chi connectivity index (χ0) is 53.6. The van der Waals surface area contributed by atoms with Gasteiger partial charge in [-0.3, -0.25) is 0 Å². The first-order valence-corrected chi connectivity index (χ1v) is 22.7. The van der Waals surface area contributed by atoms with Crippen molar-refractivity contribution in [2.24, 2.45) is 0 Å². The summed E-state index contributed by atoms with van der Waals surface area (Å²) < 4.78 is 49.6. The summed E-state index contributed by atoms with van der Waals surface area (Å²) in [5.41, 5.74) is -3.89. The van der Waals surface area contributed by atoms with Crippen LogP contribution in [0.3, 0.4) is 0 Å². The molecule has 6 rings (SSSR count). The van der Waals surface area contributed by atoms with Crippen LogP contribution in [0.2, 0.25) is 0 Å². The Balaban J connectivity index is 1.34. The van der Waals surface area contributed by atoms with Gasteiger partial charge >= 0.3 is 0 Å². The molecule has 6 fully saturated rings. The zero-order valence-electron chi connectivity index (χ0n) is 37.6. The van der Waals surface area contributed by atoms with Crippen LogP contribution < -0.4 is 0 Å². The van der Waals surface area contributed by atoms with E-state index < -0.39 is 241 Å². The van der Waals surface area contributed by atoms with E-state index in [-0.39, 0.29) is 0 Å². The van der Waals surface area contributed by atoms with Crippen molar-refractivity contribution in [3.8, 4) is 0 Å². The lowest BCUT2D eigenvalue weighted by atomic mass is 9.71. The molecule has 6 aliphatic heterocycles. The van der Waals surface area contributed by atoms with Gasteiger partial charge in [0.1, 0.15) is 177 Å². The second kappa shape index (κ2) is 24.6. The van der Waals surface area contributed by atoms with Crippen molar-refractivity contribution < 1.29 is 165 Å². The summed E-state index contributed by atoms with van der Waals surface area (Å²) in [6.07, 6.45) is -71.0. The van der Waals surface area contributed by atoms with Gasteiger partial charge in [0, 0.05) is 0 Å². The van der Waals surface area contributed by atoms with E-state index in [1.807, 2.05) is 0 Å². The van der Waals surface area contributed by atoms with Gasteiger partial charge in [0.15, 0.2) is 24.5 Å². The Hall–Kier alpha value is -1.32. The van der Waals surface area contributed by atoms with Gasteiger partial charge in [0.05, 0.1) is 39.6 Å². The summed E-state index contributed by atoms with van der Waals surface area (Å²) >= 11 is 0. The van der Waals surface area contributed by atoms with Crippen molar-refractivity contribution in [3.05, 3.63) is 0 Å². The summed E-state index contributed by atoms with van der Waals surface area (Å²) in [5.74, 6) is 0. The van der Waals surface area contributed by atoms with Crippen molar-refractivity contribution in [1.82, 2.24) is 0 Å². The monoisotopic (exact) mass is 1060 g/mol. The van der Waals surface area contributed by atoms with Crippen LogP contribution in [0.1, 0.15) is 0 Å². The molecule has 24 N–H and O–H groups in total. The maximum Gasteiger partial charge on any atom is 0.187 e. The Morgan fingerprint density at radius 3 is 0.847 bits per heavy atom. The summed E-state index contributed by atoms with van der Waals surface area (Å²) in [5, 5.41) is 260. The van der Waals surface area contributed by atoms with Gasteiger partial charge in [-0.2, -0.15) is 0 Å². The second-order valence-corrected chi connectivity index (χ2v) is 18.5. The van der Waals surface area contributed by atoms with E-state index in [1.165, 1.54) is 0 Å². The summed E-state index contributed by atoms with van der Waals surface area (Å²) in [6.45, 7) is -6.65. The van der Waals surface area contributed by atoms with E-state index in [1.54, 1.807) is 0 Å². The van der Waals surface area contributed by atoms with Crippen LogP contribution in [0.25, 0.3) is 0 Å². The first kappa shape index (κ1) is 59.9. The maximum absolute atomic E-state index is 12.9. The van der Waals surface area contributed by atoms with Crippen LogP contribution in [-0.4, -0.2) is 364 Å². The Morgan fingerprint density at radius 1 is 0.306 bits per heavy atom. The predicted molar refractivity (Wildman–Crippen MR) is 216 cm³/mol. The normalized spacial score (nSPS) is 52.3. The highest BCUT2D eigenvalue weighted by atomic mass is 16.7. The fourth-order valence-corrected chi connectivity index (χ4v) is 9.77.